The highest BCUT2D eigenvalue weighted by molar-refractivity contribution is 5.02. The van der Waals surface area contributed by atoms with E-state index in [0.29, 0.717) is 19.3 Å². The molecule has 0 aliphatic heterocycles. The molecule has 2 aliphatic carbocycles. The molecule has 2 aliphatic rings. The molecule has 0 heterocycles. The molecule has 0 bridgehead atoms. The molecule has 0 amide bonds. The first-order valence-corrected chi connectivity index (χ1v) is 14.9. The van der Waals surface area contributed by atoms with Crippen LogP contribution in [0.25, 0.3) is 0 Å². The maximum Gasteiger partial charge on any atom is 0.426 e. The third-order valence-corrected chi connectivity index (χ3v) is 8.43. The van der Waals surface area contributed by atoms with Crippen LogP contribution in [0.4, 0.5) is 52.7 Å². The fraction of sp³-hybridized carbons (Fsp3) is 1.00. The molecule has 0 saturated heterocycles. The topological polar surface area (TPSA) is 18.5 Å². The van der Waals surface area contributed by atoms with Crippen LogP contribution in [0.3, 0.4) is 0 Å². The highest BCUT2D eigenvalue weighted by Crippen LogP contribution is 2.54. The van der Waals surface area contributed by atoms with Gasteiger partial charge in [0.2, 0.25) is 0 Å². The summed E-state index contributed by atoms with van der Waals surface area (Å²) in [5.74, 6) is -1.80. The summed E-state index contributed by atoms with van der Waals surface area (Å²) in [5.41, 5.74) is -4.04. The van der Waals surface area contributed by atoms with Crippen LogP contribution in [-0.2, 0) is 9.47 Å². The molecule has 0 radical (unpaired) electrons. The van der Waals surface area contributed by atoms with E-state index in [1.54, 1.807) is 0 Å². The summed E-state index contributed by atoms with van der Waals surface area (Å²) in [5, 5.41) is 0. The van der Waals surface area contributed by atoms with Crippen LogP contribution in [0.2, 0.25) is 0 Å². The van der Waals surface area contributed by atoms with Gasteiger partial charge in [0.05, 0.1) is 26.0 Å². The number of halogens is 12. The van der Waals surface area contributed by atoms with Crippen molar-refractivity contribution in [1.82, 2.24) is 0 Å². The zero-order chi connectivity index (χ0) is 33.5. The van der Waals surface area contributed by atoms with E-state index in [2.05, 4.69) is 11.7 Å². The van der Waals surface area contributed by atoms with Gasteiger partial charge in [-0.3, -0.25) is 4.39 Å². The van der Waals surface area contributed by atoms with Gasteiger partial charge in [-0.25, -0.2) is 8.78 Å². The average Bonchev–Trinajstić information content (AvgIpc) is 2.90. The monoisotopic (exact) mass is 656 g/mol. The Morgan fingerprint density at radius 1 is 0.744 bits per heavy atom. The molecular weight excluding hydrogens is 608 g/mol. The van der Waals surface area contributed by atoms with Crippen molar-refractivity contribution in [2.75, 3.05) is 33.2 Å². The summed E-state index contributed by atoms with van der Waals surface area (Å²) >= 11 is 0. The molecule has 0 N–H and O–H groups in total. The Balaban J connectivity index is 0.00000171. The molecule has 2 fully saturated rings. The third kappa shape index (κ3) is 13.9. The van der Waals surface area contributed by atoms with Gasteiger partial charge in [0, 0.05) is 5.92 Å². The Hall–Kier alpha value is -0.920. The van der Waals surface area contributed by atoms with Crippen LogP contribution in [0.15, 0.2) is 0 Å². The number of ether oxygens (including phenoxy) is 2. The lowest BCUT2D eigenvalue weighted by atomic mass is 9.68. The van der Waals surface area contributed by atoms with Crippen molar-refractivity contribution >= 4 is 0 Å². The fourth-order valence-electron chi connectivity index (χ4n) is 6.09. The van der Waals surface area contributed by atoms with Gasteiger partial charge < -0.3 is 9.47 Å². The first-order chi connectivity index (χ1) is 19.7. The first kappa shape index (κ1) is 42.1. The standard InChI is InChI=1S/C25H41F7O2.C2H2F4.C2H5F/c1-18(16-22(3)12-8-5-9-13-22)19(2)21(17-26)33-14-15-34-23(24(27,28)29,25(30,31)32)20-10-6-4-7-11-20;3-1-2(4,5)6;1-2-3/h18-21H,4-17H2,1-3H3;1H2;2H2,1H3. The lowest BCUT2D eigenvalue weighted by Gasteiger charge is -2.44. The lowest BCUT2D eigenvalue weighted by molar-refractivity contribution is -0.400. The molecule has 0 aromatic carbocycles. The molecule has 3 atom stereocenters. The summed E-state index contributed by atoms with van der Waals surface area (Å²) in [7, 11) is 0. The molecular formula is C29H48F12O2. The van der Waals surface area contributed by atoms with E-state index in [9.17, 15) is 52.7 Å². The van der Waals surface area contributed by atoms with E-state index < -0.39 is 62.7 Å². The number of rotatable bonds is 11. The summed E-state index contributed by atoms with van der Waals surface area (Å²) in [6, 6.07) is 0. The minimum Gasteiger partial charge on any atom is -0.373 e. The Bertz CT molecular complexity index is 698. The molecule has 0 spiro atoms. The lowest BCUT2D eigenvalue weighted by Crippen LogP contribution is -2.64. The van der Waals surface area contributed by atoms with Crippen LogP contribution in [-0.4, -0.2) is 63.5 Å². The van der Waals surface area contributed by atoms with E-state index in [1.807, 2.05) is 13.8 Å². The van der Waals surface area contributed by atoms with Gasteiger partial charge in [-0.15, -0.1) is 0 Å². The van der Waals surface area contributed by atoms with Crippen molar-refractivity contribution in [3.05, 3.63) is 0 Å². The highest BCUT2D eigenvalue weighted by atomic mass is 19.4. The predicted molar refractivity (Wildman–Crippen MR) is 141 cm³/mol. The quantitative estimate of drug-likeness (QED) is 0.163. The molecule has 0 aromatic heterocycles. The molecule has 3 unspecified atom stereocenters. The van der Waals surface area contributed by atoms with Crippen molar-refractivity contribution in [2.45, 2.75) is 129 Å². The summed E-state index contributed by atoms with van der Waals surface area (Å²) < 4.78 is 159. The highest BCUT2D eigenvalue weighted by Gasteiger charge is 2.75. The largest absolute Gasteiger partial charge is 0.426 e. The molecule has 2 nitrogen and oxygen atoms in total. The number of alkyl halides is 12. The normalized spacial score (nSPS) is 20.7. The molecule has 260 valence electrons. The van der Waals surface area contributed by atoms with Crippen molar-refractivity contribution in [3.8, 4) is 0 Å². The Morgan fingerprint density at radius 2 is 1.19 bits per heavy atom. The molecule has 2 saturated carbocycles. The average molecular weight is 657 g/mol. The zero-order valence-electron chi connectivity index (χ0n) is 25.5. The van der Waals surface area contributed by atoms with E-state index in [0.717, 1.165) is 19.3 Å². The molecule has 0 aromatic rings. The van der Waals surface area contributed by atoms with Crippen molar-refractivity contribution < 1.29 is 62.2 Å². The van der Waals surface area contributed by atoms with Crippen molar-refractivity contribution in [3.63, 3.8) is 0 Å². The summed E-state index contributed by atoms with van der Waals surface area (Å²) in [4.78, 5) is 0. The van der Waals surface area contributed by atoms with E-state index in [4.69, 9.17) is 4.74 Å². The second-order valence-corrected chi connectivity index (χ2v) is 11.9. The van der Waals surface area contributed by atoms with Gasteiger partial charge in [-0.05, 0) is 56.3 Å². The molecule has 14 heteroatoms. The van der Waals surface area contributed by atoms with Gasteiger partial charge in [0.15, 0.2) is 6.67 Å². The smallest absolute Gasteiger partial charge is 0.373 e. The Morgan fingerprint density at radius 3 is 1.58 bits per heavy atom. The minimum atomic E-state index is -5.61. The van der Waals surface area contributed by atoms with Crippen LogP contribution in [0.1, 0.15) is 98.3 Å². The van der Waals surface area contributed by atoms with Gasteiger partial charge >= 0.3 is 18.5 Å². The predicted octanol–water partition coefficient (Wildman–Crippen LogP) is 10.9. The van der Waals surface area contributed by atoms with E-state index in [1.165, 1.54) is 26.2 Å². The first-order valence-electron chi connectivity index (χ1n) is 14.9. The number of hydrogen-bond donors (Lipinski definition) is 0. The van der Waals surface area contributed by atoms with Gasteiger partial charge in [-0.2, -0.15) is 39.5 Å². The second kappa shape index (κ2) is 18.9. The van der Waals surface area contributed by atoms with E-state index >= 15 is 0 Å². The maximum absolute atomic E-state index is 13.9. The third-order valence-electron chi connectivity index (χ3n) is 8.43. The Kier molecular flexibility index (Phi) is 18.5. The molecule has 2 rings (SSSR count). The molecule has 43 heavy (non-hydrogen) atoms. The van der Waals surface area contributed by atoms with Crippen LogP contribution >= 0.6 is 0 Å². The number of hydrogen-bond acceptors (Lipinski definition) is 2. The van der Waals surface area contributed by atoms with Crippen molar-refractivity contribution in [1.29, 1.82) is 0 Å². The minimum absolute atomic E-state index is 0.108. The van der Waals surface area contributed by atoms with Crippen LogP contribution in [0, 0.1) is 23.2 Å². The summed E-state index contributed by atoms with van der Waals surface area (Å²) in [6.07, 6.45) is -9.26. The van der Waals surface area contributed by atoms with Gasteiger partial charge in [-0.1, -0.05) is 59.3 Å². The maximum atomic E-state index is 13.9. The van der Waals surface area contributed by atoms with Crippen molar-refractivity contribution in [2.24, 2.45) is 23.2 Å². The van der Waals surface area contributed by atoms with Crippen LogP contribution < -0.4 is 0 Å². The van der Waals surface area contributed by atoms with Gasteiger partial charge in [0.25, 0.3) is 5.60 Å². The Labute approximate surface area is 247 Å². The van der Waals surface area contributed by atoms with Crippen LogP contribution in [0.5, 0.6) is 0 Å². The fourth-order valence-corrected chi connectivity index (χ4v) is 6.09. The second-order valence-electron chi connectivity index (χ2n) is 11.9. The summed E-state index contributed by atoms with van der Waals surface area (Å²) in [6.45, 7) is 2.78. The SMILES string of the molecule is CC(CC1(C)CCCCC1)C(C)C(CF)OCCOC(C1CCCCC1)(C(F)(F)F)C(F)(F)F.CCF.FCC(F)(F)F. The van der Waals surface area contributed by atoms with Gasteiger partial charge in [0.1, 0.15) is 6.67 Å². The zero-order valence-corrected chi connectivity index (χ0v) is 25.5. The van der Waals surface area contributed by atoms with E-state index in [-0.39, 0.29) is 36.8 Å².